The van der Waals surface area contributed by atoms with Gasteiger partial charge in [-0.2, -0.15) is 0 Å². The molecule has 0 bridgehead atoms. The molecule has 140 valence electrons. The van der Waals surface area contributed by atoms with E-state index in [1.54, 1.807) is 12.1 Å². The lowest BCUT2D eigenvalue weighted by Gasteiger charge is -2.34. The molecule has 1 saturated heterocycles. The van der Waals surface area contributed by atoms with E-state index in [0.717, 1.165) is 11.1 Å². The summed E-state index contributed by atoms with van der Waals surface area (Å²) in [6.45, 7) is 0.355. The minimum Gasteiger partial charge on any atom is -0.289 e. The maximum atomic E-state index is 13.4. The maximum absolute atomic E-state index is 13.4. The number of hydroxylamine groups is 1. The molecule has 0 spiro atoms. The minimum absolute atomic E-state index is 0.00521. The van der Waals surface area contributed by atoms with Crippen molar-refractivity contribution in [2.24, 2.45) is 0 Å². The fourth-order valence-corrected chi connectivity index (χ4v) is 5.67. The molecule has 0 aromatic heterocycles. The Morgan fingerprint density at radius 1 is 1.15 bits per heavy atom. The van der Waals surface area contributed by atoms with Gasteiger partial charge in [0.25, 0.3) is 5.91 Å². The van der Waals surface area contributed by atoms with E-state index in [9.17, 15) is 18.4 Å². The van der Waals surface area contributed by atoms with Gasteiger partial charge in [-0.05, 0) is 36.1 Å². The molecular formula is C20H20N2O4S. The highest BCUT2D eigenvalue weighted by Crippen LogP contribution is 2.39. The molecule has 1 atom stereocenters. The summed E-state index contributed by atoms with van der Waals surface area (Å²) in [5.41, 5.74) is 3.34. The third-order valence-electron chi connectivity index (χ3n) is 4.91. The van der Waals surface area contributed by atoms with Crippen LogP contribution in [0, 0.1) is 12.3 Å². The predicted octanol–water partition coefficient (Wildman–Crippen LogP) is 2.06. The standard InChI is InChI=1S/C20H20N2O4S/c1-2-14-22-15-6-13-20(22,19(23)21-24)27(25,26)18-11-9-17(10-12-18)16-7-4-3-5-8-16/h1,3-5,7-12,24H,6,13-15H2,(H,21,23). The molecule has 2 aromatic rings. The summed E-state index contributed by atoms with van der Waals surface area (Å²) < 4.78 is 26.8. The quantitative estimate of drug-likeness (QED) is 0.468. The smallest absolute Gasteiger partial charge is 0.279 e. The lowest BCUT2D eigenvalue weighted by molar-refractivity contribution is -0.135. The highest BCUT2D eigenvalue weighted by molar-refractivity contribution is 7.93. The zero-order chi connectivity index (χ0) is 19.5. The highest BCUT2D eigenvalue weighted by atomic mass is 32.2. The number of carbonyl (C=O) groups is 1. The Bertz CT molecular complexity index is 965. The van der Waals surface area contributed by atoms with Crippen molar-refractivity contribution in [2.45, 2.75) is 22.6 Å². The van der Waals surface area contributed by atoms with Crippen molar-refractivity contribution in [1.82, 2.24) is 10.4 Å². The number of carbonyl (C=O) groups excluding carboxylic acids is 1. The van der Waals surface area contributed by atoms with Crippen LogP contribution in [0.3, 0.4) is 0 Å². The van der Waals surface area contributed by atoms with E-state index >= 15 is 0 Å². The van der Waals surface area contributed by atoms with E-state index < -0.39 is 20.6 Å². The second-order valence-corrected chi connectivity index (χ2v) is 8.50. The van der Waals surface area contributed by atoms with Crippen LogP contribution in [-0.4, -0.2) is 42.4 Å². The molecule has 7 heteroatoms. The van der Waals surface area contributed by atoms with Crippen molar-refractivity contribution in [3.63, 3.8) is 0 Å². The molecule has 1 aliphatic heterocycles. The molecule has 1 aliphatic rings. The van der Waals surface area contributed by atoms with Crippen molar-refractivity contribution in [2.75, 3.05) is 13.1 Å². The predicted molar refractivity (Wildman–Crippen MR) is 101 cm³/mol. The van der Waals surface area contributed by atoms with Crippen LogP contribution in [0.2, 0.25) is 0 Å². The first-order valence-electron chi connectivity index (χ1n) is 8.50. The highest BCUT2D eigenvalue weighted by Gasteiger charge is 2.58. The van der Waals surface area contributed by atoms with Crippen LogP contribution in [0.5, 0.6) is 0 Å². The first-order valence-corrected chi connectivity index (χ1v) is 9.99. The monoisotopic (exact) mass is 384 g/mol. The first-order chi connectivity index (χ1) is 13.0. The number of hydrogen-bond donors (Lipinski definition) is 2. The molecule has 0 saturated carbocycles. The van der Waals surface area contributed by atoms with Gasteiger partial charge in [-0.1, -0.05) is 48.4 Å². The molecular weight excluding hydrogens is 364 g/mol. The van der Waals surface area contributed by atoms with Crippen molar-refractivity contribution in [3.8, 4) is 23.5 Å². The molecule has 0 aliphatic carbocycles. The number of terminal acetylenes is 1. The summed E-state index contributed by atoms with van der Waals surface area (Å²) in [5.74, 6) is 1.41. The Balaban J connectivity index is 2.05. The fraction of sp³-hybridized carbons (Fsp3) is 0.250. The Morgan fingerprint density at radius 2 is 1.78 bits per heavy atom. The molecule has 2 N–H and O–H groups in total. The molecule has 6 nitrogen and oxygen atoms in total. The molecule has 1 amide bonds. The van der Waals surface area contributed by atoms with Crippen molar-refractivity contribution >= 4 is 15.7 Å². The van der Waals surface area contributed by atoms with Gasteiger partial charge in [-0.25, -0.2) is 13.9 Å². The second kappa shape index (κ2) is 7.53. The summed E-state index contributed by atoms with van der Waals surface area (Å²) in [6.07, 6.45) is 5.90. The van der Waals surface area contributed by atoms with E-state index in [2.05, 4.69) is 5.92 Å². The summed E-state index contributed by atoms with van der Waals surface area (Å²) in [4.78, 5) is 12.0. The van der Waals surface area contributed by atoms with Crippen LogP contribution >= 0.6 is 0 Å². The number of likely N-dealkylation sites (tertiary alicyclic amines) is 1. The van der Waals surface area contributed by atoms with Crippen molar-refractivity contribution in [1.29, 1.82) is 0 Å². The van der Waals surface area contributed by atoms with Gasteiger partial charge in [0, 0.05) is 6.54 Å². The molecule has 1 unspecified atom stereocenters. The molecule has 27 heavy (non-hydrogen) atoms. The van der Waals surface area contributed by atoms with Gasteiger partial charge in [0.15, 0.2) is 0 Å². The number of nitrogens with zero attached hydrogens (tertiary/aromatic N) is 1. The van der Waals surface area contributed by atoms with E-state index in [4.69, 9.17) is 6.42 Å². The van der Waals surface area contributed by atoms with Crippen molar-refractivity contribution < 1.29 is 18.4 Å². The third kappa shape index (κ3) is 3.12. The fourth-order valence-electron chi connectivity index (χ4n) is 3.59. The minimum atomic E-state index is -4.12. The number of amides is 1. The van der Waals surface area contributed by atoms with Gasteiger partial charge in [-0.15, -0.1) is 6.42 Å². The largest absolute Gasteiger partial charge is 0.289 e. The van der Waals surface area contributed by atoms with Gasteiger partial charge < -0.3 is 0 Å². The first kappa shape index (κ1) is 19.1. The normalized spacial score (nSPS) is 20.1. The van der Waals surface area contributed by atoms with Crippen LogP contribution < -0.4 is 5.48 Å². The number of sulfone groups is 1. The molecule has 2 aromatic carbocycles. The molecule has 1 fully saturated rings. The Kier molecular flexibility index (Phi) is 5.33. The number of benzene rings is 2. The lowest BCUT2D eigenvalue weighted by atomic mass is 10.1. The van der Waals surface area contributed by atoms with Gasteiger partial charge in [-0.3, -0.25) is 14.9 Å². The van der Waals surface area contributed by atoms with Crippen LogP contribution in [0.25, 0.3) is 11.1 Å². The number of rotatable bonds is 5. The van der Waals surface area contributed by atoms with Crippen LogP contribution in [0.1, 0.15) is 12.8 Å². The Labute approximate surface area is 158 Å². The summed E-state index contributed by atoms with van der Waals surface area (Å²) >= 11 is 0. The summed E-state index contributed by atoms with van der Waals surface area (Å²) in [6, 6.07) is 15.9. The topological polar surface area (TPSA) is 86.7 Å². The van der Waals surface area contributed by atoms with E-state index in [-0.39, 0.29) is 17.9 Å². The second-order valence-electron chi connectivity index (χ2n) is 6.35. The van der Waals surface area contributed by atoms with Gasteiger partial charge in [0.1, 0.15) is 0 Å². The zero-order valence-electron chi connectivity index (χ0n) is 14.6. The van der Waals surface area contributed by atoms with Crippen LogP contribution in [0.4, 0.5) is 0 Å². The molecule has 0 radical (unpaired) electrons. The molecule has 1 heterocycles. The average Bonchev–Trinajstić information content (AvgIpc) is 3.13. The average molecular weight is 384 g/mol. The van der Waals surface area contributed by atoms with E-state index in [0.29, 0.717) is 13.0 Å². The van der Waals surface area contributed by atoms with Crippen molar-refractivity contribution in [3.05, 3.63) is 54.6 Å². The van der Waals surface area contributed by atoms with Gasteiger partial charge in [0.05, 0.1) is 11.4 Å². The molecule has 3 rings (SSSR count). The van der Waals surface area contributed by atoms with Crippen LogP contribution in [0.15, 0.2) is 59.5 Å². The van der Waals surface area contributed by atoms with E-state index in [1.807, 2.05) is 30.3 Å². The summed E-state index contributed by atoms with van der Waals surface area (Å²) in [7, 11) is -4.12. The van der Waals surface area contributed by atoms with E-state index in [1.165, 1.54) is 22.5 Å². The lowest BCUT2D eigenvalue weighted by Crippen LogP contribution is -2.59. The Hall–Kier alpha value is -2.66. The summed E-state index contributed by atoms with van der Waals surface area (Å²) in [5, 5.41) is 9.21. The van der Waals surface area contributed by atoms with Gasteiger partial charge >= 0.3 is 0 Å². The Morgan fingerprint density at radius 3 is 2.37 bits per heavy atom. The SMILES string of the molecule is C#CCN1CCCC1(C(=O)NO)S(=O)(=O)c1ccc(-c2ccccc2)cc1. The number of nitrogens with one attached hydrogen (secondary N) is 1. The van der Waals surface area contributed by atoms with Crippen LogP contribution in [-0.2, 0) is 14.6 Å². The number of hydrogen-bond acceptors (Lipinski definition) is 5. The maximum Gasteiger partial charge on any atom is 0.279 e. The zero-order valence-corrected chi connectivity index (χ0v) is 15.4. The van der Waals surface area contributed by atoms with Gasteiger partial charge in [0.2, 0.25) is 14.7 Å². The third-order valence-corrected chi connectivity index (χ3v) is 7.34.